The number of benzene rings is 1. The van der Waals surface area contributed by atoms with Gasteiger partial charge in [0.1, 0.15) is 17.3 Å². The third-order valence-corrected chi connectivity index (χ3v) is 4.46. The molecule has 1 fully saturated rings. The zero-order chi connectivity index (χ0) is 16.4. The molecule has 124 valence electrons. The van der Waals surface area contributed by atoms with E-state index < -0.39 is 11.6 Å². The summed E-state index contributed by atoms with van der Waals surface area (Å²) in [5, 5.41) is 2.96. The van der Waals surface area contributed by atoms with E-state index in [1.165, 1.54) is 18.2 Å². The number of anilines is 1. The van der Waals surface area contributed by atoms with Crippen molar-refractivity contribution in [3.05, 3.63) is 42.0 Å². The maximum atomic E-state index is 13.8. The molecular formula is C17H21F2N3O. The Bertz CT molecular complexity index is 600. The second-order valence-corrected chi connectivity index (χ2v) is 6.32. The average Bonchev–Trinajstić information content (AvgIpc) is 3.08. The van der Waals surface area contributed by atoms with E-state index in [0.717, 1.165) is 6.42 Å². The highest BCUT2D eigenvalue weighted by Gasteiger charge is 2.28. The van der Waals surface area contributed by atoms with E-state index in [1.807, 2.05) is 12.2 Å². The highest BCUT2D eigenvalue weighted by molar-refractivity contribution is 5.77. The number of nitrogens with one attached hydrogen (secondary N) is 1. The quantitative estimate of drug-likeness (QED) is 0.834. The van der Waals surface area contributed by atoms with Gasteiger partial charge in [-0.25, -0.2) is 8.78 Å². The van der Waals surface area contributed by atoms with E-state index in [1.54, 1.807) is 4.90 Å². The predicted molar refractivity (Wildman–Crippen MR) is 85.0 cm³/mol. The summed E-state index contributed by atoms with van der Waals surface area (Å²) in [7, 11) is 0. The minimum Gasteiger partial charge on any atom is -0.365 e. The number of nitrogens with zero attached hydrogens (tertiary/aromatic N) is 1. The van der Waals surface area contributed by atoms with E-state index in [0.29, 0.717) is 25.9 Å². The fourth-order valence-corrected chi connectivity index (χ4v) is 3.35. The number of carbonyl (C=O) groups is 1. The van der Waals surface area contributed by atoms with Crippen LogP contribution in [-0.4, -0.2) is 31.1 Å². The average molecular weight is 321 g/mol. The second kappa shape index (κ2) is 6.66. The Morgan fingerprint density at radius 1 is 1.30 bits per heavy atom. The molecule has 1 aliphatic carbocycles. The lowest BCUT2D eigenvalue weighted by molar-refractivity contribution is -0.122. The number of amides is 1. The van der Waals surface area contributed by atoms with Crippen molar-refractivity contribution in [2.45, 2.75) is 31.3 Å². The molecule has 4 nitrogen and oxygen atoms in total. The van der Waals surface area contributed by atoms with Crippen LogP contribution in [0.15, 0.2) is 30.4 Å². The molecule has 0 radical (unpaired) electrons. The lowest BCUT2D eigenvalue weighted by Crippen LogP contribution is -2.38. The van der Waals surface area contributed by atoms with Gasteiger partial charge < -0.3 is 16.0 Å². The third kappa shape index (κ3) is 3.69. The smallest absolute Gasteiger partial charge is 0.220 e. The summed E-state index contributed by atoms with van der Waals surface area (Å²) in [5.41, 5.74) is 5.77. The summed E-state index contributed by atoms with van der Waals surface area (Å²) in [6.07, 6.45) is 5.80. The number of carbonyl (C=O) groups excluding carboxylic acids is 1. The number of allylic oxidation sites excluding steroid dienone is 1. The molecule has 1 unspecified atom stereocenters. The highest BCUT2D eigenvalue weighted by Crippen LogP contribution is 2.27. The minimum atomic E-state index is -0.568. The van der Waals surface area contributed by atoms with E-state index >= 15 is 0 Å². The van der Waals surface area contributed by atoms with Gasteiger partial charge in [-0.3, -0.25) is 4.79 Å². The van der Waals surface area contributed by atoms with Crippen LogP contribution >= 0.6 is 0 Å². The van der Waals surface area contributed by atoms with Gasteiger partial charge >= 0.3 is 0 Å². The SMILES string of the molecule is N[C@@H]1C=C[C@H](CC(=O)NC2CCN(c3c(F)cccc3F)C2)C1. The van der Waals surface area contributed by atoms with Crippen molar-refractivity contribution in [2.24, 2.45) is 11.7 Å². The van der Waals surface area contributed by atoms with E-state index in [-0.39, 0.29) is 29.6 Å². The minimum absolute atomic E-state index is 0.00560. The van der Waals surface area contributed by atoms with Crippen molar-refractivity contribution >= 4 is 11.6 Å². The second-order valence-electron chi connectivity index (χ2n) is 6.32. The Morgan fingerprint density at radius 3 is 2.70 bits per heavy atom. The molecule has 6 heteroatoms. The normalized spacial score (nSPS) is 26.7. The molecule has 3 N–H and O–H groups in total. The molecule has 1 aromatic carbocycles. The standard InChI is InChI=1S/C17H21F2N3O/c18-14-2-1-3-15(19)17(14)22-7-6-13(10-22)21-16(23)9-11-4-5-12(20)8-11/h1-5,11-13H,6-10,20H2,(H,21,23)/t11-,12+,13?/m0/s1. The number of hydrogen-bond donors (Lipinski definition) is 2. The van der Waals surface area contributed by atoms with Crippen LogP contribution in [0, 0.1) is 17.6 Å². The Hall–Kier alpha value is -1.95. The molecule has 1 aliphatic heterocycles. The molecule has 1 amide bonds. The summed E-state index contributed by atoms with van der Waals surface area (Å²) >= 11 is 0. The number of nitrogens with two attached hydrogens (primary N) is 1. The lowest BCUT2D eigenvalue weighted by atomic mass is 10.0. The molecule has 0 bridgehead atoms. The van der Waals surface area contributed by atoms with Gasteiger partial charge in [-0.15, -0.1) is 0 Å². The van der Waals surface area contributed by atoms with Gasteiger partial charge in [-0.1, -0.05) is 18.2 Å². The van der Waals surface area contributed by atoms with E-state index in [9.17, 15) is 13.6 Å². The van der Waals surface area contributed by atoms with Crippen molar-refractivity contribution in [3.8, 4) is 0 Å². The van der Waals surface area contributed by atoms with Gasteiger partial charge in [-0.05, 0) is 30.9 Å². The van der Waals surface area contributed by atoms with Crippen LogP contribution < -0.4 is 16.0 Å². The van der Waals surface area contributed by atoms with Gasteiger partial charge in [0.15, 0.2) is 0 Å². The van der Waals surface area contributed by atoms with Crippen LogP contribution in [0.4, 0.5) is 14.5 Å². The van der Waals surface area contributed by atoms with Crippen LogP contribution in [0.3, 0.4) is 0 Å². The number of halogens is 2. The Balaban J connectivity index is 1.54. The summed E-state index contributed by atoms with van der Waals surface area (Å²) in [5.74, 6) is -0.981. The van der Waals surface area contributed by atoms with Crippen molar-refractivity contribution in [1.82, 2.24) is 5.32 Å². The van der Waals surface area contributed by atoms with Gasteiger partial charge in [0.25, 0.3) is 0 Å². The van der Waals surface area contributed by atoms with E-state index in [4.69, 9.17) is 5.73 Å². The topological polar surface area (TPSA) is 58.4 Å². The molecule has 3 atom stereocenters. The van der Waals surface area contributed by atoms with Crippen molar-refractivity contribution in [2.75, 3.05) is 18.0 Å². The lowest BCUT2D eigenvalue weighted by Gasteiger charge is -2.20. The van der Waals surface area contributed by atoms with Crippen molar-refractivity contribution in [1.29, 1.82) is 0 Å². The van der Waals surface area contributed by atoms with Gasteiger partial charge in [0, 0.05) is 31.6 Å². The van der Waals surface area contributed by atoms with Gasteiger partial charge in [0.2, 0.25) is 5.91 Å². The first-order valence-electron chi connectivity index (χ1n) is 7.95. The van der Waals surface area contributed by atoms with Crippen molar-refractivity contribution in [3.63, 3.8) is 0 Å². The molecule has 0 aromatic heterocycles. The molecule has 0 spiro atoms. The van der Waals surface area contributed by atoms with Crippen LogP contribution in [0.1, 0.15) is 19.3 Å². The summed E-state index contributed by atoms with van der Waals surface area (Å²) in [6, 6.07) is 3.81. The molecule has 1 aromatic rings. The van der Waals surface area contributed by atoms with Crippen LogP contribution in [0.5, 0.6) is 0 Å². The molecule has 23 heavy (non-hydrogen) atoms. The first-order valence-corrected chi connectivity index (χ1v) is 7.95. The zero-order valence-electron chi connectivity index (χ0n) is 12.8. The predicted octanol–water partition coefficient (Wildman–Crippen LogP) is 1.95. The fraction of sp³-hybridized carbons (Fsp3) is 0.471. The molecule has 1 saturated heterocycles. The molecule has 2 aliphatic rings. The van der Waals surface area contributed by atoms with Crippen LogP contribution in [0.2, 0.25) is 0 Å². The maximum Gasteiger partial charge on any atom is 0.220 e. The molecular weight excluding hydrogens is 300 g/mol. The monoisotopic (exact) mass is 321 g/mol. The summed E-state index contributed by atoms with van der Waals surface area (Å²) < 4.78 is 27.6. The molecule has 0 saturated carbocycles. The first kappa shape index (κ1) is 15.9. The zero-order valence-corrected chi connectivity index (χ0v) is 12.8. The van der Waals surface area contributed by atoms with Gasteiger partial charge in [0.05, 0.1) is 0 Å². The Labute approximate surface area is 134 Å². The number of rotatable bonds is 4. The molecule has 3 rings (SSSR count). The number of hydrogen-bond acceptors (Lipinski definition) is 3. The fourth-order valence-electron chi connectivity index (χ4n) is 3.35. The largest absolute Gasteiger partial charge is 0.365 e. The summed E-state index contributed by atoms with van der Waals surface area (Å²) in [4.78, 5) is 13.7. The van der Waals surface area contributed by atoms with Crippen LogP contribution in [-0.2, 0) is 4.79 Å². The Kier molecular flexibility index (Phi) is 4.61. The third-order valence-electron chi connectivity index (χ3n) is 4.46. The maximum absolute atomic E-state index is 13.8. The first-order chi connectivity index (χ1) is 11.0. The molecule has 1 heterocycles. The Morgan fingerprint density at radius 2 is 2.04 bits per heavy atom. The van der Waals surface area contributed by atoms with Crippen LogP contribution in [0.25, 0.3) is 0 Å². The highest BCUT2D eigenvalue weighted by atomic mass is 19.1. The summed E-state index contributed by atoms with van der Waals surface area (Å²) in [6.45, 7) is 0.945. The number of para-hydroxylation sites is 1. The van der Waals surface area contributed by atoms with Gasteiger partial charge in [-0.2, -0.15) is 0 Å². The van der Waals surface area contributed by atoms with E-state index in [2.05, 4.69) is 5.32 Å². The van der Waals surface area contributed by atoms with Crippen molar-refractivity contribution < 1.29 is 13.6 Å².